The second-order valence-corrected chi connectivity index (χ2v) is 13.9. The Morgan fingerprint density at radius 1 is 0.857 bits per heavy atom. The summed E-state index contributed by atoms with van der Waals surface area (Å²) < 4.78 is 12.4. The highest BCUT2D eigenvalue weighted by molar-refractivity contribution is 5.94. The van der Waals surface area contributed by atoms with Crippen LogP contribution >= 0.6 is 0 Å². The molecule has 0 saturated heterocycles. The molecule has 4 heteroatoms. The minimum Gasteiger partial charge on any atom is -0.393 e. The fourth-order valence-corrected chi connectivity index (χ4v) is 11.2. The summed E-state index contributed by atoms with van der Waals surface area (Å²) in [6.07, 6.45) is 17.6. The van der Waals surface area contributed by atoms with E-state index in [1.54, 1.807) is 0 Å². The Morgan fingerprint density at radius 2 is 1.49 bits per heavy atom. The zero-order chi connectivity index (χ0) is 24.6. The quantitative estimate of drug-likeness (QED) is 0.512. The Kier molecular flexibility index (Phi) is 5.91. The average molecular weight is 485 g/mol. The molecule has 0 aliphatic heterocycles. The number of hydrogen-bond donors (Lipinski definition) is 1. The van der Waals surface area contributed by atoms with E-state index in [2.05, 4.69) is 19.9 Å². The molecule has 8 atom stereocenters. The molecule has 5 saturated carbocycles. The van der Waals surface area contributed by atoms with E-state index in [4.69, 9.17) is 9.47 Å². The van der Waals surface area contributed by atoms with Crippen molar-refractivity contribution in [2.45, 2.75) is 121 Å². The van der Waals surface area contributed by atoms with E-state index in [0.29, 0.717) is 17.6 Å². The molecule has 0 aromatic heterocycles. The van der Waals surface area contributed by atoms with Gasteiger partial charge in [0, 0.05) is 26.1 Å². The Hall–Kier alpha value is -0.710. The van der Waals surface area contributed by atoms with Gasteiger partial charge in [-0.2, -0.15) is 0 Å². The normalized spacial score (nSPS) is 48.3. The van der Waals surface area contributed by atoms with Crippen LogP contribution in [0, 0.1) is 40.4 Å². The summed E-state index contributed by atoms with van der Waals surface area (Å²) in [7, 11) is 3.77. The topological polar surface area (TPSA) is 55.8 Å². The maximum absolute atomic E-state index is 14.0. The van der Waals surface area contributed by atoms with E-state index in [1.807, 2.05) is 14.2 Å². The molecule has 196 valence electrons. The highest BCUT2D eigenvalue weighted by Crippen LogP contribution is 2.69. The summed E-state index contributed by atoms with van der Waals surface area (Å²) in [6.45, 7) is 4.88. The fraction of sp³-hybridized carbons (Fsp3) is 0.903. The van der Waals surface area contributed by atoms with Crippen LogP contribution in [0.4, 0.5) is 0 Å². The molecule has 6 aliphatic carbocycles. The predicted octanol–water partition coefficient (Wildman–Crippen LogP) is 6.25. The Morgan fingerprint density at radius 3 is 2.11 bits per heavy atom. The average Bonchev–Trinajstić information content (AvgIpc) is 3.57. The molecular formula is C31H48O4. The van der Waals surface area contributed by atoms with Crippen molar-refractivity contribution in [3.8, 4) is 0 Å². The van der Waals surface area contributed by atoms with Gasteiger partial charge in [0.05, 0.1) is 17.3 Å². The summed E-state index contributed by atoms with van der Waals surface area (Å²) in [4.78, 5) is 14.0. The first kappa shape index (κ1) is 24.6. The standard InChI is InChI=1S/C31H48O4/c1-28-15-9-20(30(34-3)11-5-6-12-30)17-21(28)18-24(32)26-22(28)10-16-29(2)23(26)19-25(33)27(29)31(35-4)13-7-8-14-31/h18,20,22-23,25-27,33H,5-17,19H2,1-4H3/t20-,22?,23?,25+,26?,27-,28-,29-/m0/s1. The summed E-state index contributed by atoms with van der Waals surface area (Å²) >= 11 is 0. The Balaban J connectivity index is 1.31. The van der Waals surface area contributed by atoms with Gasteiger partial charge in [0.1, 0.15) is 0 Å². The van der Waals surface area contributed by atoms with Gasteiger partial charge in [0.2, 0.25) is 0 Å². The van der Waals surface area contributed by atoms with Crippen LogP contribution in [0.15, 0.2) is 11.6 Å². The third-order valence-corrected chi connectivity index (χ3v) is 13.0. The van der Waals surface area contributed by atoms with Crippen molar-refractivity contribution in [1.29, 1.82) is 0 Å². The second kappa shape index (κ2) is 8.40. The first-order valence-corrected chi connectivity index (χ1v) is 14.8. The third-order valence-electron chi connectivity index (χ3n) is 13.0. The van der Waals surface area contributed by atoms with Gasteiger partial charge in [-0.15, -0.1) is 0 Å². The molecular weight excluding hydrogens is 436 g/mol. The SMILES string of the molecule is COC1([C@H]2CC[C@@]3(C)C(=CC(=O)C4C3CC[C@@]3(C)C4C[C@@H](O)[C@@H]3C3(OC)CCCC3)C2)CCCC1. The number of allylic oxidation sites excluding steroid dienone is 2. The molecule has 0 heterocycles. The van der Waals surface area contributed by atoms with Gasteiger partial charge in [0.25, 0.3) is 0 Å². The number of ketones is 1. The van der Waals surface area contributed by atoms with Gasteiger partial charge in [0.15, 0.2) is 5.78 Å². The van der Waals surface area contributed by atoms with Crippen molar-refractivity contribution in [2.75, 3.05) is 14.2 Å². The van der Waals surface area contributed by atoms with Gasteiger partial charge < -0.3 is 14.6 Å². The highest BCUT2D eigenvalue weighted by atomic mass is 16.5. The number of aliphatic hydroxyl groups excluding tert-OH is 1. The smallest absolute Gasteiger partial charge is 0.159 e. The van der Waals surface area contributed by atoms with E-state index in [-0.39, 0.29) is 45.9 Å². The first-order valence-electron chi connectivity index (χ1n) is 14.8. The van der Waals surface area contributed by atoms with Gasteiger partial charge in [-0.3, -0.25) is 4.79 Å². The first-order chi connectivity index (χ1) is 16.7. The molecule has 0 radical (unpaired) electrons. The van der Waals surface area contributed by atoms with E-state index in [0.717, 1.165) is 38.5 Å². The lowest BCUT2D eigenvalue weighted by molar-refractivity contribution is -0.152. The lowest BCUT2D eigenvalue weighted by Gasteiger charge is -2.59. The molecule has 0 bridgehead atoms. The van der Waals surface area contributed by atoms with Crippen molar-refractivity contribution < 1.29 is 19.4 Å². The molecule has 0 aromatic carbocycles. The second-order valence-electron chi connectivity index (χ2n) is 13.9. The minimum atomic E-state index is -0.354. The van der Waals surface area contributed by atoms with Crippen molar-refractivity contribution >= 4 is 5.78 Å². The van der Waals surface area contributed by atoms with E-state index < -0.39 is 0 Å². The van der Waals surface area contributed by atoms with Crippen molar-refractivity contribution in [2.24, 2.45) is 40.4 Å². The maximum Gasteiger partial charge on any atom is 0.159 e. The zero-order valence-corrected chi connectivity index (χ0v) is 22.6. The predicted molar refractivity (Wildman–Crippen MR) is 137 cm³/mol. The molecule has 5 fully saturated rings. The Bertz CT molecular complexity index is 880. The molecule has 4 nitrogen and oxygen atoms in total. The molecule has 0 amide bonds. The number of hydrogen-bond acceptors (Lipinski definition) is 4. The summed E-state index contributed by atoms with van der Waals surface area (Å²) in [6, 6.07) is 0. The van der Waals surface area contributed by atoms with Crippen molar-refractivity contribution in [1.82, 2.24) is 0 Å². The number of ether oxygens (including phenoxy) is 2. The monoisotopic (exact) mass is 484 g/mol. The fourth-order valence-electron chi connectivity index (χ4n) is 11.2. The lowest BCUT2D eigenvalue weighted by atomic mass is 9.45. The van der Waals surface area contributed by atoms with Crippen LogP contribution < -0.4 is 0 Å². The Labute approximate surface area is 212 Å². The van der Waals surface area contributed by atoms with Crippen LogP contribution in [0.5, 0.6) is 0 Å². The number of aliphatic hydroxyl groups is 1. The molecule has 1 N–H and O–H groups in total. The number of methoxy groups -OCH3 is 2. The van der Waals surface area contributed by atoms with E-state index in [1.165, 1.54) is 56.9 Å². The van der Waals surface area contributed by atoms with E-state index >= 15 is 0 Å². The van der Waals surface area contributed by atoms with Gasteiger partial charge in [-0.05, 0) is 98.9 Å². The van der Waals surface area contributed by atoms with Crippen molar-refractivity contribution in [3.05, 3.63) is 11.6 Å². The molecule has 6 aliphatic rings. The van der Waals surface area contributed by atoms with Crippen LogP contribution in [-0.2, 0) is 14.3 Å². The number of fused-ring (bicyclic) bond motifs is 5. The third kappa shape index (κ3) is 3.31. The summed E-state index contributed by atoms with van der Waals surface area (Å²) in [5.74, 6) is 1.82. The number of carbonyl (C=O) groups excluding carboxylic acids is 1. The van der Waals surface area contributed by atoms with Gasteiger partial charge >= 0.3 is 0 Å². The molecule has 35 heavy (non-hydrogen) atoms. The van der Waals surface area contributed by atoms with Crippen LogP contribution in [0.1, 0.15) is 104 Å². The largest absolute Gasteiger partial charge is 0.393 e. The summed E-state index contributed by atoms with van der Waals surface area (Å²) in [5.41, 5.74) is 1.36. The van der Waals surface area contributed by atoms with Crippen LogP contribution in [0.2, 0.25) is 0 Å². The van der Waals surface area contributed by atoms with Crippen LogP contribution in [0.25, 0.3) is 0 Å². The van der Waals surface area contributed by atoms with Gasteiger partial charge in [-0.1, -0.05) is 45.1 Å². The molecule has 3 unspecified atom stereocenters. The minimum absolute atomic E-state index is 0.0144. The lowest BCUT2D eigenvalue weighted by Crippen LogP contribution is -2.56. The van der Waals surface area contributed by atoms with Crippen LogP contribution in [0.3, 0.4) is 0 Å². The van der Waals surface area contributed by atoms with Crippen LogP contribution in [-0.4, -0.2) is 42.4 Å². The van der Waals surface area contributed by atoms with Crippen molar-refractivity contribution in [3.63, 3.8) is 0 Å². The summed E-state index contributed by atoms with van der Waals surface area (Å²) in [5, 5.41) is 11.5. The maximum atomic E-state index is 14.0. The van der Waals surface area contributed by atoms with E-state index in [9.17, 15) is 9.90 Å². The zero-order valence-electron chi connectivity index (χ0n) is 22.6. The molecule has 0 spiro atoms. The van der Waals surface area contributed by atoms with Gasteiger partial charge in [-0.25, -0.2) is 0 Å². The molecule has 0 aromatic rings. The number of rotatable bonds is 4. The number of carbonyl (C=O) groups is 1. The highest BCUT2D eigenvalue weighted by Gasteiger charge is 2.67. The molecule has 6 rings (SSSR count).